The van der Waals surface area contributed by atoms with Crippen LogP contribution in [-0.2, 0) is 17.7 Å². The van der Waals surface area contributed by atoms with E-state index in [1.54, 1.807) is 11.8 Å². The minimum absolute atomic E-state index is 0.322. The quantitative estimate of drug-likeness (QED) is 0.813. The van der Waals surface area contributed by atoms with Crippen LogP contribution in [0.4, 0.5) is 4.79 Å². The van der Waals surface area contributed by atoms with Gasteiger partial charge in [-0.15, -0.1) is 11.3 Å². The van der Waals surface area contributed by atoms with E-state index >= 15 is 0 Å². The zero-order valence-corrected chi connectivity index (χ0v) is 11.6. The number of carbonyl (C=O) groups is 1. The van der Waals surface area contributed by atoms with E-state index in [0.29, 0.717) is 36.3 Å². The number of amides is 1. The largest absolute Gasteiger partial charge is 0.450 e. The summed E-state index contributed by atoms with van der Waals surface area (Å²) in [5.41, 5.74) is 0.461. The van der Waals surface area contributed by atoms with Crippen molar-refractivity contribution in [3.63, 3.8) is 0 Å². The second-order valence-corrected chi connectivity index (χ2v) is 5.59. The van der Waals surface area contributed by atoms with Gasteiger partial charge in [-0.1, -0.05) is 0 Å². The number of aromatic amines is 2. The van der Waals surface area contributed by atoms with Crippen molar-refractivity contribution in [2.45, 2.75) is 19.9 Å². The molecule has 2 N–H and O–H groups in total. The molecule has 3 rings (SSSR count). The second kappa shape index (κ2) is 4.78. The van der Waals surface area contributed by atoms with Gasteiger partial charge in [0.1, 0.15) is 4.70 Å². The van der Waals surface area contributed by atoms with Crippen LogP contribution in [0, 0.1) is 0 Å². The lowest BCUT2D eigenvalue weighted by molar-refractivity contribution is 0.103. The van der Waals surface area contributed by atoms with Gasteiger partial charge in [-0.25, -0.2) is 9.59 Å². The molecule has 7 nitrogen and oxygen atoms in total. The maximum absolute atomic E-state index is 11.8. The summed E-state index contributed by atoms with van der Waals surface area (Å²) in [5.74, 6) is 0. The molecular formula is C12H13N3O4S. The van der Waals surface area contributed by atoms with Crippen LogP contribution in [0.3, 0.4) is 0 Å². The topological polar surface area (TPSA) is 95.3 Å². The van der Waals surface area contributed by atoms with Crippen molar-refractivity contribution >= 4 is 27.6 Å². The van der Waals surface area contributed by atoms with Gasteiger partial charge < -0.3 is 14.6 Å². The number of carbonyl (C=O) groups excluding carboxylic acids is 1. The zero-order chi connectivity index (χ0) is 14.3. The number of hydrogen-bond donors (Lipinski definition) is 2. The second-order valence-electron chi connectivity index (χ2n) is 4.49. The Labute approximate surface area is 117 Å². The fourth-order valence-corrected chi connectivity index (χ4v) is 3.50. The molecule has 0 saturated carbocycles. The van der Waals surface area contributed by atoms with Crippen LogP contribution in [0.5, 0.6) is 0 Å². The van der Waals surface area contributed by atoms with Crippen LogP contribution in [0.15, 0.2) is 9.59 Å². The SMILES string of the molecule is CCOC(=O)N1CCc2sc3c(=O)[nH]c(=O)[nH]c3c2C1. The van der Waals surface area contributed by atoms with Crippen molar-refractivity contribution in [3.8, 4) is 0 Å². The summed E-state index contributed by atoms with van der Waals surface area (Å²) >= 11 is 1.37. The molecule has 2 aromatic heterocycles. The lowest BCUT2D eigenvalue weighted by Gasteiger charge is -2.26. The summed E-state index contributed by atoms with van der Waals surface area (Å²) in [7, 11) is 0. The normalized spacial score (nSPS) is 14.3. The van der Waals surface area contributed by atoms with E-state index < -0.39 is 5.69 Å². The number of hydrogen-bond acceptors (Lipinski definition) is 5. The van der Waals surface area contributed by atoms with E-state index in [1.165, 1.54) is 11.3 Å². The van der Waals surface area contributed by atoms with Crippen LogP contribution in [0.2, 0.25) is 0 Å². The monoisotopic (exact) mass is 295 g/mol. The van der Waals surface area contributed by atoms with E-state index in [2.05, 4.69) is 9.97 Å². The predicted octanol–water partition coefficient (Wildman–Crippen LogP) is 0.792. The molecule has 0 aliphatic carbocycles. The smallest absolute Gasteiger partial charge is 0.410 e. The molecular weight excluding hydrogens is 282 g/mol. The van der Waals surface area contributed by atoms with Crippen LogP contribution in [0.25, 0.3) is 10.2 Å². The summed E-state index contributed by atoms with van der Waals surface area (Å²) in [6.07, 6.45) is 0.291. The maximum Gasteiger partial charge on any atom is 0.410 e. The molecule has 20 heavy (non-hydrogen) atoms. The predicted molar refractivity (Wildman–Crippen MR) is 74.2 cm³/mol. The molecule has 0 bridgehead atoms. The lowest BCUT2D eigenvalue weighted by atomic mass is 10.1. The average Bonchev–Trinajstić information content (AvgIpc) is 2.77. The van der Waals surface area contributed by atoms with Gasteiger partial charge in [-0.05, 0) is 13.3 Å². The van der Waals surface area contributed by atoms with Crippen LogP contribution in [0.1, 0.15) is 17.4 Å². The highest BCUT2D eigenvalue weighted by Crippen LogP contribution is 2.31. The van der Waals surface area contributed by atoms with Gasteiger partial charge in [0.2, 0.25) is 0 Å². The molecule has 0 spiro atoms. The van der Waals surface area contributed by atoms with Crippen molar-refractivity contribution in [3.05, 3.63) is 31.3 Å². The molecule has 0 aromatic carbocycles. The fourth-order valence-electron chi connectivity index (χ4n) is 2.36. The summed E-state index contributed by atoms with van der Waals surface area (Å²) in [6.45, 7) is 2.99. The van der Waals surface area contributed by atoms with Gasteiger partial charge in [-0.3, -0.25) is 9.78 Å². The number of ether oxygens (including phenoxy) is 1. The molecule has 0 fully saturated rings. The summed E-state index contributed by atoms with van der Waals surface area (Å²) in [4.78, 5) is 42.4. The van der Waals surface area contributed by atoms with E-state index in [-0.39, 0.29) is 11.7 Å². The third-order valence-electron chi connectivity index (χ3n) is 3.25. The van der Waals surface area contributed by atoms with E-state index in [1.807, 2.05) is 0 Å². The number of aromatic nitrogens is 2. The zero-order valence-electron chi connectivity index (χ0n) is 10.8. The third-order valence-corrected chi connectivity index (χ3v) is 4.54. The maximum atomic E-state index is 11.8. The molecule has 1 aliphatic rings. The molecule has 2 aromatic rings. The van der Waals surface area contributed by atoms with Crippen LogP contribution >= 0.6 is 11.3 Å². The van der Waals surface area contributed by atoms with Gasteiger partial charge in [0.05, 0.1) is 18.7 Å². The molecule has 0 unspecified atom stereocenters. The van der Waals surface area contributed by atoms with Gasteiger partial charge in [0.15, 0.2) is 0 Å². The number of H-pyrrole nitrogens is 2. The number of nitrogens with zero attached hydrogens (tertiary/aromatic N) is 1. The Balaban J connectivity index is 2.06. The number of fused-ring (bicyclic) bond motifs is 3. The Bertz CT molecular complexity index is 788. The number of rotatable bonds is 1. The van der Waals surface area contributed by atoms with Gasteiger partial charge in [-0.2, -0.15) is 0 Å². The highest BCUT2D eigenvalue weighted by Gasteiger charge is 2.26. The summed E-state index contributed by atoms with van der Waals surface area (Å²) in [6, 6.07) is 0. The van der Waals surface area contributed by atoms with Crippen molar-refractivity contribution < 1.29 is 9.53 Å². The highest BCUT2D eigenvalue weighted by molar-refractivity contribution is 7.19. The Morgan fingerprint density at radius 3 is 2.95 bits per heavy atom. The van der Waals surface area contributed by atoms with Crippen LogP contribution < -0.4 is 11.2 Å². The molecule has 0 radical (unpaired) electrons. The average molecular weight is 295 g/mol. The van der Waals surface area contributed by atoms with Gasteiger partial charge >= 0.3 is 11.8 Å². The third kappa shape index (κ3) is 2.01. The van der Waals surface area contributed by atoms with Gasteiger partial charge in [0.25, 0.3) is 5.56 Å². The molecule has 1 amide bonds. The molecule has 0 saturated heterocycles. The van der Waals surface area contributed by atoms with Crippen molar-refractivity contribution in [2.75, 3.05) is 13.2 Å². The van der Waals surface area contributed by atoms with Crippen molar-refractivity contribution in [2.24, 2.45) is 0 Å². The number of thiophene rings is 1. The molecule has 1 aliphatic heterocycles. The summed E-state index contributed by atoms with van der Waals surface area (Å²) < 4.78 is 5.48. The van der Waals surface area contributed by atoms with Gasteiger partial charge in [0, 0.05) is 17.0 Å². The first-order chi connectivity index (χ1) is 9.60. The van der Waals surface area contributed by atoms with E-state index in [4.69, 9.17) is 4.74 Å². The lowest BCUT2D eigenvalue weighted by Crippen LogP contribution is -2.36. The molecule has 106 valence electrons. The molecule has 8 heteroatoms. The molecule has 3 heterocycles. The Morgan fingerprint density at radius 2 is 2.20 bits per heavy atom. The van der Waals surface area contributed by atoms with Crippen molar-refractivity contribution in [1.29, 1.82) is 0 Å². The van der Waals surface area contributed by atoms with Crippen molar-refractivity contribution in [1.82, 2.24) is 14.9 Å². The molecule has 0 atom stereocenters. The number of nitrogens with one attached hydrogen (secondary N) is 2. The minimum Gasteiger partial charge on any atom is -0.450 e. The first-order valence-corrected chi connectivity index (χ1v) is 7.10. The standard InChI is InChI=1S/C12H13N3O4S/c1-2-19-12(18)15-4-3-7-6(5-15)8-9(20-7)10(16)14-11(17)13-8/h2-5H2,1H3,(H2,13,14,16,17). The fraction of sp³-hybridized carbons (Fsp3) is 0.417. The Hall–Kier alpha value is -2.09. The first kappa shape index (κ1) is 12.9. The van der Waals surface area contributed by atoms with E-state index in [9.17, 15) is 14.4 Å². The Morgan fingerprint density at radius 1 is 1.40 bits per heavy atom. The summed E-state index contributed by atoms with van der Waals surface area (Å²) in [5, 5.41) is 0. The Kier molecular flexibility index (Phi) is 3.09. The minimum atomic E-state index is -0.531. The van der Waals surface area contributed by atoms with Crippen LogP contribution in [-0.4, -0.2) is 34.1 Å². The van der Waals surface area contributed by atoms with E-state index in [0.717, 1.165) is 10.4 Å². The highest BCUT2D eigenvalue weighted by atomic mass is 32.1. The first-order valence-electron chi connectivity index (χ1n) is 6.28.